The third-order valence-electron chi connectivity index (χ3n) is 2.81. The number of nitrogen functional groups attached to an aromatic ring is 1. The molecule has 1 aromatic carbocycles. The van der Waals surface area contributed by atoms with Crippen LogP contribution in [0, 0.1) is 0 Å². The maximum atomic E-state index is 6.07. The number of aromatic nitrogens is 2. The fourth-order valence-corrected chi connectivity index (χ4v) is 2.17. The summed E-state index contributed by atoms with van der Waals surface area (Å²) in [6.45, 7) is 0. The highest BCUT2D eigenvalue weighted by molar-refractivity contribution is 6.35. The number of pyridine rings is 1. The molecule has 3 nitrogen and oxygen atoms in total. The topological polar surface area (TPSA) is 54.7 Å². The number of benzene rings is 1. The highest BCUT2D eigenvalue weighted by atomic mass is 35.5. The Morgan fingerprint density at radius 3 is 2.67 bits per heavy atom. The number of nitrogens with one attached hydrogen (secondary N) is 1. The molecule has 0 fully saturated rings. The summed E-state index contributed by atoms with van der Waals surface area (Å²) < 4.78 is 0. The van der Waals surface area contributed by atoms with E-state index in [4.69, 9.17) is 28.9 Å². The van der Waals surface area contributed by atoms with Gasteiger partial charge < -0.3 is 10.7 Å². The molecule has 0 spiro atoms. The first kappa shape index (κ1) is 11.4. The summed E-state index contributed by atoms with van der Waals surface area (Å²) >= 11 is 12.0. The molecule has 3 rings (SSSR count). The molecule has 0 atom stereocenters. The number of H-pyrrole nitrogens is 1. The summed E-state index contributed by atoms with van der Waals surface area (Å²) in [5, 5.41) is 2.09. The number of aromatic amines is 1. The highest BCUT2D eigenvalue weighted by Gasteiger charge is 2.06. The molecule has 5 heteroatoms. The monoisotopic (exact) mass is 277 g/mol. The van der Waals surface area contributed by atoms with E-state index in [1.54, 1.807) is 18.5 Å². The van der Waals surface area contributed by atoms with Crippen molar-refractivity contribution in [2.24, 2.45) is 0 Å². The molecule has 3 N–H and O–H groups in total. The van der Waals surface area contributed by atoms with Crippen LogP contribution in [0.4, 0.5) is 5.69 Å². The maximum absolute atomic E-state index is 6.07. The van der Waals surface area contributed by atoms with E-state index in [-0.39, 0.29) is 0 Å². The number of rotatable bonds is 1. The van der Waals surface area contributed by atoms with Crippen molar-refractivity contribution in [3.63, 3.8) is 0 Å². The van der Waals surface area contributed by atoms with Crippen molar-refractivity contribution < 1.29 is 0 Å². The zero-order chi connectivity index (χ0) is 12.7. The minimum absolute atomic E-state index is 0.549. The predicted octanol–water partition coefficient (Wildman–Crippen LogP) is 4.12. The summed E-state index contributed by atoms with van der Waals surface area (Å²) in [5.41, 5.74) is 9.03. The Labute approximate surface area is 114 Å². The zero-order valence-electron chi connectivity index (χ0n) is 9.24. The summed E-state index contributed by atoms with van der Waals surface area (Å²) in [4.78, 5) is 7.31. The van der Waals surface area contributed by atoms with E-state index >= 15 is 0 Å². The lowest BCUT2D eigenvalue weighted by Gasteiger charge is -2.04. The molecule has 0 saturated carbocycles. The number of nitrogens with two attached hydrogens (primary N) is 1. The Hall–Kier alpha value is -1.71. The molecule has 18 heavy (non-hydrogen) atoms. The summed E-state index contributed by atoms with van der Waals surface area (Å²) in [6, 6.07) is 7.48. The molecule has 0 bridgehead atoms. The number of fused-ring (bicyclic) bond motifs is 1. The van der Waals surface area contributed by atoms with E-state index in [0.29, 0.717) is 15.7 Å². The van der Waals surface area contributed by atoms with Gasteiger partial charge in [-0.2, -0.15) is 0 Å². The number of halogens is 2. The SMILES string of the molecule is Nc1cc(-c2cnc3[nH]cc(Cl)c3c2)ccc1Cl. The summed E-state index contributed by atoms with van der Waals surface area (Å²) in [6.07, 6.45) is 3.50. The Bertz CT molecular complexity index is 734. The molecular formula is C13H9Cl2N3. The van der Waals surface area contributed by atoms with Crippen molar-refractivity contribution in [3.8, 4) is 11.1 Å². The van der Waals surface area contributed by atoms with Crippen LogP contribution in [0.15, 0.2) is 36.7 Å². The van der Waals surface area contributed by atoms with Crippen LogP contribution in [0.1, 0.15) is 0 Å². The third-order valence-corrected chi connectivity index (χ3v) is 3.47. The second kappa shape index (κ2) is 4.19. The van der Waals surface area contributed by atoms with Crippen molar-refractivity contribution in [3.05, 3.63) is 46.7 Å². The third kappa shape index (κ3) is 1.82. The van der Waals surface area contributed by atoms with Crippen LogP contribution in [-0.2, 0) is 0 Å². The Kier molecular flexibility index (Phi) is 2.65. The number of hydrogen-bond donors (Lipinski definition) is 2. The highest BCUT2D eigenvalue weighted by Crippen LogP contribution is 2.30. The average molecular weight is 278 g/mol. The molecular weight excluding hydrogens is 269 g/mol. The van der Waals surface area contributed by atoms with Gasteiger partial charge in [-0.15, -0.1) is 0 Å². The molecule has 2 heterocycles. The van der Waals surface area contributed by atoms with Crippen molar-refractivity contribution >= 4 is 39.9 Å². The van der Waals surface area contributed by atoms with Crippen molar-refractivity contribution in [2.45, 2.75) is 0 Å². The normalized spacial score (nSPS) is 11.0. The van der Waals surface area contributed by atoms with Crippen LogP contribution in [0.2, 0.25) is 10.0 Å². The standard InChI is InChI=1S/C13H9Cl2N3/c14-10-2-1-7(4-12(10)16)8-3-9-11(15)6-18-13(9)17-5-8/h1-6H,16H2,(H,17,18). The lowest BCUT2D eigenvalue weighted by atomic mass is 10.1. The molecule has 0 saturated heterocycles. The second-order valence-electron chi connectivity index (χ2n) is 3.99. The smallest absolute Gasteiger partial charge is 0.138 e. The number of anilines is 1. The van der Waals surface area contributed by atoms with Gasteiger partial charge in [0.2, 0.25) is 0 Å². The van der Waals surface area contributed by atoms with Crippen molar-refractivity contribution in [1.29, 1.82) is 0 Å². The number of hydrogen-bond acceptors (Lipinski definition) is 2. The lowest BCUT2D eigenvalue weighted by Crippen LogP contribution is -1.88. The fraction of sp³-hybridized carbons (Fsp3) is 0. The average Bonchev–Trinajstić information content (AvgIpc) is 2.74. The Morgan fingerprint density at radius 2 is 1.89 bits per heavy atom. The molecule has 0 radical (unpaired) electrons. The van der Waals surface area contributed by atoms with E-state index in [1.807, 2.05) is 18.2 Å². The van der Waals surface area contributed by atoms with Gasteiger partial charge in [-0.1, -0.05) is 29.3 Å². The predicted molar refractivity (Wildman–Crippen MR) is 76.0 cm³/mol. The van der Waals surface area contributed by atoms with Crippen LogP contribution in [-0.4, -0.2) is 9.97 Å². The first-order chi connectivity index (χ1) is 8.65. The van der Waals surface area contributed by atoms with E-state index in [9.17, 15) is 0 Å². The minimum Gasteiger partial charge on any atom is -0.398 e. The quantitative estimate of drug-likeness (QED) is 0.658. The van der Waals surface area contributed by atoms with Gasteiger partial charge in [-0.25, -0.2) is 4.98 Å². The van der Waals surface area contributed by atoms with E-state index < -0.39 is 0 Å². The van der Waals surface area contributed by atoms with Gasteiger partial charge in [0, 0.05) is 23.3 Å². The van der Waals surface area contributed by atoms with E-state index in [2.05, 4.69) is 9.97 Å². The Balaban J connectivity index is 2.18. The lowest BCUT2D eigenvalue weighted by molar-refractivity contribution is 1.33. The van der Waals surface area contributed by atoms with Gasteiger partial charge >= 0.3 is 0 Å². The summed E-state index contributed by atoms with van der Waals surface area (Å²) in [5.74, 6) is 0. The van der Waals surface area contributed by atoms with Crippen LogP contribution in [0.25, 0.3) is 22.2 Å². The van der Waals surface area contributed by atoms with Crippen molar-refractivity contribution in [2.75, 3.05) is 5.73 Å². The van der Waals surface area contributed by atoms with Crippen molar-refractivity contribution in [1.82, 2.24) is 9.97 Å². The molecule has 0 amide bonds. The van der Waals surface area contributed by atoms with Gasteiger partial charge in [0.05, 0.1) is 15.7 Å². The fourth-order valence-electron chi connectivity index (χ4n) is 1.85. The first-order valence-electron chi connectivity index (χ1n) is 5.33. The molecule has 0 unspecified atom stereocenters. The molecule has 90 valence electrons. The maximum Gasteiger partial charge on any atom is 0.138 e. The van der Waals surface area contributed by atoms with Gasteiger partial charge in [0.1, 0.15) is 5.65 Å². The van der Waals surface area contributed by atoms with Gasteiger partial charge in [0.25, 0.3) is 0 Å². The van der Waals surface area contributed by atoms with Crippen LogP contribution in [0.5, 0.6) is 0 Å². The minimum atomic E-state index is 0.549. The van der Waals surface area contributed by atoms with E-state index in [1.165, 1.54) is 0 Å². The van der Waals surface area contributed by atoms with Gasteiger partial charge in [-0.3, -0.25) is 0 Å². The van der Waals surface area contributed by atoms with Crippen LogP contribution < -0.4 is 5.73 Å². The van der Waals surface area contributed by atoms with Crippen LogP contribution in [0.3, 0.4) is 0 Å². The van der Waals surface area contributed by atoms with Gasteiger partial charge in [0.15, 0.2) is 0 Å². The Morgan fingerprint density at radius 1 is 1.06 bits per heavy atom. The first-order valence-corrected chi connectivity index (χ1v) is 6.09. The molecule has 0 aliphatic rings. The molecule has 0 aliphatic carbocycles. The summed E-state index contributed by atoms with van der Waals surface area (Å²) in [7, 11) is 0. The largest absolute Gasteiger partial charge is 0.398 e. The molecule has 2 aromatic heterocycles. The van der Waals surface area contributed by atoms with Gasteiger partial charge in [-0.05, 0) is 23.8 Å². The second-order valence-corrected chi connectivity index (χ2v) is 4.81. The van der Waals surface area contributed by atoms with E-state index in [0.717, 1.165) is 22.2 Å². The van der Waals surface area contributed by atoms with Crippen LogP contribution >= 0.6 is 23.2 Å². The molecule has 0 aliphatic heterocycles. The number of nitrogens with zero attached hydrogens (tertiary/aromatic N) is 1. The molecule has 3 aromatic rings. The zero-order valence-corrected chi connectivity index (χ0v) is 10.8.